The number of hydrogen-bond donors (Lipinski definition) is 0. The van der Waals surface area contributed by atoms with E-state index in [9.17, 15) is 17.6 Å². The van der Waals surface area contributed by atoms with Gasteiger partial charge in [-0.3, -0.25) is 0 Å². The summed E-state index contributed by atoms with van der Waals surface area (Å²) >= 11 is 3.36. The van der Waals surface area contributed by atoms with Crippen molar-refractivity contribution >= 4 is 15.9 Å². The molecule has 0 radical (unpaired) electrons. The molecule has 0 atom stereocenters. The summed E-state index contributed by atoms with van der Waals surface area (Å²) in [6, 6.07) is 15.6. The number of rotatable bonds is 3. The first-order valence-corrected chi connectivity index (χ1v) is 8.02. The largest absolute Gasteiger partial charge is 0.457 e. The van der Waals surface area contributed by atoms with E-state index in [0.717, 1.165) is 12.1 Å². The molecular weight excluding hydrogens is 400 g/mol. The summed E-state index contributed by atoms with van der Waals surface area (Å²) in [5, 5.41) is 0. The van der Waals surface area contributed by atoms with Gasteiger partial charge in [0.1, 0.15) is 17.3 Å². The Morgan fingerprint density at radius 3 is 1.96 bits per heavy atom. The van der Waals surface area contributed by atoms with Crippen LogP contribution in [0.3, 0.4) is 0 Å². The molecule has 0 aliphatic heterocycles. The summed E-state index contributed by atoms with van der Waals surface area (Å²) in [5.41, 5.74) is 0.618. The third kappa shape index (κ3) is 4.39. The lowest BCUT2D eigenvalue weighted by atomic mass is 10.0. The van der Waals surface area contributed by atoms with Crippen LogP contribution in [0.2, 0.25) is 0 Å². The molecule has 128 valence electrons. The van der Waals surface area contributed by atoms with E-state index in [1.54, 1.807) is 18.2 Å². The second-order valence-corrected chi connectivity index (χ2v) is 6.22. The molecule has 0 aromatic heterocycles. The molecule has 0 saturated carbocycles. The van der Waals surface area contributed by atoms with E-state index < -0.39 is 11.7 Å². The quantitative estimate of drug-likeness (QED) is 0.419. The first-order chi connectivity index (χ1) is 11.8. The van der Waals surface area contributed by atoms with Gasteiger partial charge in [-0.15, -0.1) is 0 Å². The molecule has 0 N–H and O–H groups in total. The minimum atomic E-state index is -4.37. The van der Waals surface area contributed by atoms with Crippen molar-refractivity contribution in [2.45, 2.75) is 6.18 Å². The number of hydrogen-bond acceptors (Lipinski definition) is 1. The first kappa shape index (κ1) is 17.5. The van der Waals surface area contributed by atoms with Gasteiger partial charge in [-0.2, -0.15) is 13.2 Å². The van der Waals surface area contributed by atoms with Crippen LogP contribution in [0.1, 0.15) is 5.56 Å². The molecule has 0 bridgehead atoms. The summed E-state index contributed by atoms with van der Waals surface area (Å²) in [6.07, 6.45) is -4.37. The van der Waals surface area contributed by atoms with Crippen LogP contribution in [-0.4, -0.2) is 0 Å². The van der Waals surface area contributed by atoms with E-state index in [2.05, 4.69) is 15.9 Å². The molecule has 0 aliphatic rings. The maximum atomic E-state index is 12.9. The molecule has 6 heteroatoms. The molecule has 0 unspecified atom stereocenters. The first-order valence-electron chi connectivity index (χ1n) is 7.23. The number of halogens is 5. The highest BCUT2D eigenvalue weighted by atomic mass is 79.9. The Bertz CT molecular complexity index is 871. The summed E-state index contributed by atoms with van der Waals surface area (Å²) in [6.45, 7) is 0. The lowest BCUT2D eigenvalue weighted by Gasteiger charge is -2.11. The van der Waals surface area contributed by atoms with Gasteiger partial charge in [0.05, 0.1) is 5.56 Å². The molecule has 3 rings (SSSR count). The topological polar surface area (TPSA) is 9.23 Å². The fraction of sp³-hybridized carbons (Fsp3) is 0.0526. The Hall–Kier alpha value is -2.34. The van der Waals surface area contributed by atoms with Crippen LogP contribution in [0, 0.1) is 5.82 Å². The van der Waals surface area contributed by atoms with E-state index in [4.69, 9.17) is 4.74 Å². The van der Waals surface area contributed by atoms with E-state index in [1.165, 1.54) is 36.4 Å². The van der Waals surface area contributed by atoms with Crippen molar-refractivity contribution in [2.24, 2.45) is 0 Å². The second kappa shape index (κ2) is 6.88. The second-order valence-electron chi connectivity index (χ2n) is 5.31. The molecule has 3 aromatic carbocycles. The summed E-state index contributed by atoms with van der Waals surface area (Å²) in [5.74, 6) is 0.570. The van der Waals surface area contributed by atoms with Crippen molar-refractivity contribution in [1.82, 2.24) is 0 Å². The monoisotopic (exact) mass is 410 g/mol. The molecule has 0 aliphatic carbocycles. The SMILES string of the molecule is Fc1ccc(Oc2cc(Br)cc(-c3ccc(C(F)(F)F)cc3)c2)cc1. The van der Waals surface area contributed by atoms with Gasteiger partial charge in [0.15, 0.2) is 0 Å². The highest BCUT2D eigenvalue weighted by Gasteiger charge is 2.29. The fourth-order valence-corrected chi connectivity index (χ4v) is 2.75. The van der Waals surface area contributed by atoms with Crippen molar-refractivity contribution in [1.29, 1.82) is 0 Å². The van der Waals surface area contributed by atoms with E-state index in [1.807, 2.05) is 0 Å². The van der Waals surface area contributed by atoms with Crippen molar-refractivity contribution in [3.8, 4) is 22.6 Å². The zero-order chi connectivity index (χ0) is 18.0. The molecular formula is C19H11BrF4O. The molecule has 0 heterocycles. The zero-order valence-corrected chi connectivity index (χ0v) is 14.2. The van der Waals surface area contributed by atoms with Gasteiger partial charge in [-0.05, 0) is 65.7 Å². The normalized spacial score (nSPS) is 11.4. The van der Waals surface area contributed by atoms with Crippen molar-refractivity contribution in [3.63, 3.8) is 0 Å². The van der Waals surface area contributed by atoms with Crippen molar-refractivity contribution in [3.05, 3.63) is 82.6 Å². The maximum absolute atomic E-state index is 12.9. The third-order valence-electron chi connectivity index (χ3n) is 3.47. The van der Waals surface area contributed by atoms with Gasteiger partial charge in [0, 0.05) is 4.47 Å². The predicted molar refractivity (Wildman–Crippen MR) is 91.1 cm³/mol. The Morgan fingerprint density at radius 2 is 1.36 bits per heavy atom. The maximum Gasteiger partial charge on any atom is 0.416 e. The third-order valence-corrected chi connectivity index (χ3v) is 3.92. The van der Waals surface area contributed by atoms with E-state index in [-0.39, 0.29) is 5.82 Å². The van der Waals surface area contributed by atoms with Gasteiger partial charge in [0.2, 0.25) is 0 Å². The van der Waals surface area contributed by atoms with Gasteiger partial charge >= 0.3 is 6.18 Å². The minimum Gasteiger partial charge on any atom is -0.457 e. The molecule has 0 amide bonds. The fourth-order valence-electron chi connectivity index (χ4n) is 2.28. The van der Waals surface area contributed by atoms with Gasteiger partial charge < -0.3 is 4.74 Å². The summed E-state index contributed by atoms with van der Waals surface area (Å²) in [4.78, 5) is 0. The van der Waals surface area contributed by atoms with E-state index >= 15 is 0 Å². The standard InChI is InChI=1S/C19H11BrF4O/c20-15-9-13(12-1-3-14(4-2-12)19(22,23)24)10-18(11-15)25-17-7-5-16(21)6-8-17/h1-11H. The predicted octanol–water partition coefficient (Wildman–Crippen LogP) is 7.07. The van der Waals surface area contributed by atoms with E-state index in [0.29, 0.717) is 27.1 Å². The number of alkyl halides is 3. The Kier molecular flexibility index (Phi) is 4.81. The van der Waals surface area contributed by atoms with Crippen LogP contribution in [0.15, 0.2) is 71.2 Å². The van der Waals surface area contributed by atoms with Crippen LogP contribution in [-0.2, 0) is 6.18 Å². The Labute approximate surface area is 150 Å². The van der Waals surface area contributed by atoms with Crippen molar-refractivity contribution in [2.75, 3.05) is 0 Å². The van der Waals surface area contributed by atoms with Gasteiger partial charge in [-0.1, -0.05) is 28.1 Å². The lowest BCUT2D eigenvalue weighted by Crippen LogP contribution is -2.03. The minimum absolute atomic E-state index is 0.368. The van der Waals surface area contributed by atoms with Crippen LogP contribution < -0.4 is 4.74 Å². The Balaban J connectivity index is 1.90. The van der Waals surface area contributed by atoms with Crippen LogP contribution in [0.5, 0.6) is 11.5 Å². The van der Waals surface area contributed by atoms with Crippen LogP contribution in [0.4, 0.5) is 17.6 Å². The van der Waals surface area contributed by atoms with Gasteiger partial charge in [0.25, 0.3) is 0 Å². The summed E-state index contributed by atoms with van der Waals surface area (Å²) in [7, 11) is 0. The Morgan fingerprint density at radius 1 is 0.720 bits per heavy atom. The molecule has 25 heavy (non-hydrogen) atoms. The average molecular weight is 411 g/mol. The molecule has 0 fully saturated rings. The highest BCUT2D eigenvalue weighted by molar-refractivity contribution is 9.10. The highest BCUT2D eigenvalue weighted by Crippen LogP contribution is 2.34. The van der Waals surface area contributed by atoms with Crippen molar-refractivity contribution < 1.29 is 22.3 Å². The zero-order valence-electron chi connectivity index (χ0n) is 12.6. The average Bonchev–Trinajstić information content (AvgIpc) is 2.56. The van der Waals surface area contributed by atoms with Crippen LogP contribution >= 0.6 is 15.9 Å². The molecule has 0 saturated heterocycles. The summed E-state index contributed by atoms with van der Waals surface area (Å²) < 4.78 is 57.3. The lowest BCUT2D eigenvalue weighted by molar-refractivity contribution is -0.137. The molecule has 3 aromatic rings. The smallest absolute Gasteiger partial charge is 0.416 e. The van der Waals surface area contributed by atoms with Gasteiger partial charge in [-0.25, -0.2) is 4.39 Å². The molecule has 0 spiro atoms. The molecule has 1 nitrogen and oxygen atoms in total. The number of benzene rings is 3. The number of ether oxygens (including phenoxy) is 1. The van der Waals surface area contributed by atoms with Crippen LogP contribution in [0.25, 0.3) is 11.1 Å².